The highest BCUT2D eigenvalue weighted by Gasteiger charge is 2.19. The van der Waals surface area contributed by atoms with Gasteiger partial charge in [-0.05, 0) is 26.7 Å². The lowest BCUT2D eigenvalue weighted by Crippen LogP contribution is -2.53. The Morgan fingerprint density at radius 3 is 2.42 bits per heavy atom. The predicted octanol–water partition coefficient (Wildman–Crippen LogP) is 0.472. The first-order valence-electron chi connectivity index (χ1n) is 6.98. The molecule has 1 aliphatic rings. The third-order valence-corrected chi connectivity index (χ3v) is 3.34. The first kappa shape index (κ1) is 15.8. The largest absolute Gasteiger partial charge is 0.348 e. The summed E-state index contributed by atoms with van der Waals surface area (Å²) < 4.78 is 0. The Hall–Kier alpha value is -1.30. The van der Waals surface area contributed by atoms with Crippen molar-refractivity contribution in [3.8, 4) is 0 Å². The molecule has 1 fully saturated rings. The van der Waals surface area contributed by atoms with E-state index in [0.29, 0.717) is 6.54 Å². The van der Waals surface area contributed by atoms with Gasteiger partial charge in [-0.3, -0.25) is 4.79 Å². The second kappa shape index (κ2) is 7.33. The van der Waals surface area contributed by atoms with Crippen molar-refractivity contribution in [3.05, 3.63) is 0 Å². The topological polar surface area (TPSA) is 96.2 Å². The lowest BCUT2D eigenvalue weighted by Gasteiger charge is -2.25. The van der Waals surface area contributed by atoms with Gasteiger partial charge in [0.25, 0.3) is 0 Å². The molecule has 0 saturated heterocycles. The van der Waals surface area contributed by atoms with E-state index >= 15 is 0 Å². The van der Waals surface area contributed by atoms with Gasteiger partial charge in [0.05, 0.1) is 6.54 Å². The van der Waals surface area contributed by atoms with Crippen LogP contribution in [-0.4, -0.2) is 36.6 Å². The Labute approximate surface area is 114 Å². The fourth-order valence-corrected chi connectivity index (χ4v) is 2.12. The van der Waals surface area contributed by atoms with E-state index in [1.807, 2.05) is 13.8 Å². The molecular formula is C13H26N4O2. The third kappa shape index (κ3) is 6.42. The Morgan fingerprint density at radius 2 is 1.84 bits per heavy atom. The molecule has 6 heteroatoms. The molecule has 19 heavy (non-hydrogen) atoms. The second-order valence-corrected chi connectivity index (χ2v) is 5.80. The molecule has 1 rings (SSSR count). The van der Waals surface area contributed by atoms with Crippen molar-refractivity contribution in [2.45, 2.75) is 57.5 Å². The second-order valence-electron chi connectivity index (χ2n) is 5.80. The minimum absolute atomic E-state index is 0.0258. The summed E-state index contributed by atoms with van der Waals surface area (Å²) in [5, 5.41) is 8.23. The number of hydrogen-bond donors (Lipinski definition) is 4. The van der Waals surface area contributed by atoms with Crippen LogP contribution >= 0.6 is 0 Å². The van der Waals surface area contributed by atoms with Crippen LogP contribution in [0.2, 0.25) is 0 Å². The molecule has 1 aliphatic carbocycles. The molecule has 0 aromatic rings. The molecule has 0 aromatic heterocycles. The van der Waals surface area contributed by atoms with Crippen molar-refractivity contribution in [2.75, 3.05) is 13.1 Å². The van der Waals surface area contributed by atoms with Gasteiger partial charge >= 0.3 is 6.03 Å². The molecule has 110 valence electrons. The number of carbonyl (C=O) groups is 2. The van der Waals surface area contributed by atoms with Gasteiger partial charge in [0.2, 0.25) is 5.91 Å². The van der Waals surface area contributed by atoms with Gasteiger partial charge in [0.15, 0.2) is 0 Å². The fraction of sp³-hybridized carbons (Fsp3) is 0.846. The predicted molar refractivity (Wildman–Crippen MR) is 74.7 cm³/mol. The lowest BCUT2D eigenvalue weighted by atomic mass is 9.96. The number of rotatable bonds is 5. The van der Waals surface area contributed by atoms with Gasteiger partial charge < -0.3 is 21.7 Å². The Morgan fingerprint density at radius 1 is 1.21 bits per heavy atom. The maximum atomic E-state index is 11.6. The number of amides is 3. The fourth-order valence-electron chi connectivity index (χ4n) is 2.12. The van der Waals surface area contributed by atoms with Crippen molar-refractivity contribution in [1.82, 2.24) is 16.0 Å². The summed E-state index contributed by atoms with van der Waals surface area (Å²) >= 11 is 0. The number of hydrogen-bond acceptors (Lipinski definition) is 3. The maximum Gasteiger partial charge on any atom is 0.315 e. The monoisotopic (exact) mass is 270 g/mol. The smallest absolute Gasteiger partial charge is 0.315 e. The standard InChI is InChI=1S/C13H26N4O2/c1-13(2,9-14)17-11(18)8-15-12(19)16-10-6-4-3-5-7-10/h10H,3-9,14H2,1-2H3,(H,17,18)(H2,15,16,19). The quantitative estimate of drug-likeness (QED) is 0.585. The van der Waals surface area contributed by atoms with E-state index < -0.39 is 5.54 Å². The number of nitrogens with two attached hydrogens (primary N) is 1. The van der Waals surface area contributed by atoms with Crippen molar-refractivity contribution >= 4 is 11.9 Å². The van der Waals surface area contributed by atoms with E-state index in [2.05, 4.69) is 16.0 Å². The van der Waals surface area contributed by atoms with Gasteiger partial charge in [-0.1, -0.05) is 19.3 Å². The number of nitrogens with one attached hydrogen (secondary N) is 3. The van der Waals surface area contributed by atoms with E-state index in [4.69, 9.17) is 5.73 Å². The molecule has 0 radical (unpaired) electrons. The molecule has 6 nitrogen and oxygen atoms in total. The minimum Gasteiger partial charge on any atom is -0.348 e. The summed E-state index contributed by atoms with van der Waals surface area (Å²) in [7, 11) is 0. The van der Waals surface area contributed by atoms with Crippen LogP contribution in [0.4, 0.5) is 4.79 Å². The molecule has 0 atom stereocenters. The third-order valence-electron chi connectivity index (χ3n) is 3.34. The highest BCUT2D eigenvalue weighted by molar-refractivity contribution is 5.84. The zero-order chi connectivity index (χ0) is 14.3. The highest BCUT2D eigenvalue weighted by atomic mass is 16.2. The zero-order valence-electron chi connectivity index (χ0n) is 11.9. The Balaban J connectivity index is 2.20. The van der Waals surface area contributed by atoms with Crippen LogP contribution < -0.4 is 21.7 Å². The molecule has 0 aliphatic heterocycles. The van der Waals surface area contributed by atoms with E-state index in [-0.39, 0.29) is 24.5 Å². The van der Waals surface area contributed by atoms with Crippen molar-refractivity contribution in [2.24, 2.45) is 5.73 Å². The molecule has 0 aromatic carbocycles. The summed E-state index contributed by atoms with van der Waals surface area (Å²) in [6, 6.07) is -0.0232. The molecule has 0 spiro atoms. The average Bonchev–Trinajstić information content (AvgIpc) is 2.37. The van der Waals surface area contributed by atoms with Crippen molar-refractivity contribution in [1.29, 1.82) is 0 Å². The van der Waals surface area contributed by atoms with E-state index in [0.717, 1.165) is 25.7 Å². The van der Waals surface area contributed by atoms with Crippen molar-refractivity contribution in [3.63, 3.8) is 0 Å². The van der Waals surface area contributed by atoms with Gasteiger partial charge in [-0.25, -0.2) is 4.79 Å². The van der Waals surface area contributed by atoms with E-state index in [1.54, 1.807) is 0 Å². The van der Waals surface area contributed by atoms with Gasteiger partial charge in [0, 0.05) is 18.1 Å². The minimum atomic E-state index is -0.446. The first-order chi connectivity index (χ1) is 8.93. The van der Waals surface area contributed by atoms with Crippen molar-refractivity contribution < 1.29 is 9.59 Å². The van der Waals surface area contributed by atoms with E-state index in [1.165, 1.54) is 6.42 Å². The van der Waals surface area contributed by atoms with Crippen LogP contribution in [-0.2, 0) is 4.79 Å². The Kier molecular flexibility index (Phi) is 6.08. The molecular weight excluding hydrogens is 244 g/mol. The number of urea groups is 1. The van der Waals surface area contributed by atoms with Crippen LogP contribution in [0, 0.1) is 0 Å². The van der Waals surface area contributed by atoms with Crippen LogP contribution in [0.15, 0.2) is 0 Å². The van der Waals surface area contributed by atoms with Gasteiger partial charge in [-0.15, -0.1) is 0 Å². The van der Waals surface area contributed by atoms with Crippen LogP contribution in [0.3, 0.4) is 0 Å². The molecule has 3 amide bonds. The zero-order valence-corrected chi connectivity index (χ0v) is 11.9. The Bertz CT molecular complexity index is 312. The molecule has 0 bridgehead atoms. The molecule has 1 saturated carbocycles. The summed E-state index contributed by atoms with van der Waals surface area (Å²) in [5.41, 5.74) is 5.07. The first-order valence-corrected chi connectivity index (χ1v) is 6.98. The maximum absolute atomic E-state index is 11.6. The molecule has 5 N–H and O–H groups in total. The summed E-state index contributed by atoms with van der Waals surface area (Å²) in [4.78, 5) is 23.2. The van der Waals surface area contributed by atoms with Crippen LogP contribution in [0.1, 0.15) is 46.0 Å². The molecule has 0 unspecified atom stereocenters. The summed E-state index contributed by atoms with van der Waals surface area (Å²) in [5.74, 6) is -0.228. The van der Waals surface area contributed by atoms with E-state index in [9.17, 15) is 9.59 Å². The lowest BCUT2D eigenvalue weighted by molar-refractivity contribution is -0.121. The highest BCUT2D eigenvalue weighted by Crippen LogP contribution is 2.16. The van der Waals surface area contributed by atoms with Crippen LogP contribution in [0.25, 0.3) is 0 Å². The molecule has 0 heterocycles. The summed E-state index contributed by atoms with van der Waals surface area (Å²) in [6.07, 6.45) is 5.63. The number of carbonyl (C=O) groups excluding carboxylic acids is 2. The average molecular weight is 270 g/mol. The normalized spacial score (nSPS) is 16.8. The van der Waals surface area contributed by atoms with Crippen LogP contribution in [0.5, 0.6) is 0 Å². The van der Waals surface area contributed by atoms with Gasteiger partial charge in [0.1, 0.15) is 0 Å². The summed E-state index contributed by atoms with van der Waals surface area (Å²) in [6.45, 7) is 4.01. The SMILES string of the molecule is CC(C)(CN)NC(=O)CNC(=O)NC1CCCCC1. The van der Waals surface area contributed by atoms with Gasteiger partial charge in [-0.2, -0.15) is 0 Å².